The monoisotopic (exact) mass is 305 g/mol. The van der Waals surface area contributed by atoms with Gasteiger partial charge in [0, 0.05) is 19.3 Å². The molecule has 1 aromatic carbocycles. The first-order valence-corrected chi connectivity index (χ1v) is 7.50. The van der Waals surface area contributed by atoms with Gasteiger partial charge in [0.05, 0.1) is 23.6 Å². The maximum atomic E-state index is 9.06. The largest absolute Gasteiger partial charge is 0.370 e. The molecule has 3 aromatic rings. The Morgan fingerprint density at radius 3 is 3.17 bits per heavy atom. The van der Waals surface area contributed by atoms with Crippen molar-refractivity contribution >= 4 is 16.9 Å². The van der Waals surface area contributed by atoms with Gasteiger partial charge in [0.2, 0.25) is 0 Å². The second kappa shape index (κ2) is 5.71. The molecule has 1 aliphatic heterocycles. The predicted molar refractivity (Wildman–Crippen MR) is 86.0 cm³/mol. The van der Waals surface area contributed by atoms with E-state index in [0.29, 0.717) is 18.7 Å². The third-order valence-corrected chi connectivity index (χ3v) is 4.09. The Morgan fingerprint density at radius 2 is 2.26 bits per heavy atom. The summed E-state index contributed by atoms with van der Waals surface area (Å²) < 4.78 is 5.91. The van der Waals surface area contributed by atoms with Gasteiger partial charge in [-0.1, -0.05) is 12.1 Å². The molecule has 1 atom stereocenters. The van der Waals surface area contributed by atoms with Crippen LogP contribution in [0, 0.1) is 11.3 Å². The van der Waals surface area contributed by atoms with Crippen LogP contribution < -0.4 is 4.90 Å². The third-order valence-electron chi connectivity index (χ3n) is 4.09. The normalized spacial score (nSPS) is 18.0. The Balaban J connectivity index is 1.64. The lowest BCUT2D eigenvalue weighted by Crippen LogP contribution is -2.39. The fourth-order valence-electron chi connectivity index (χ4n) is 2.96. The molecule has 1 aliphatic rings. The number of nitriles is 1. The molecule has 0 spiro atoms. The summed E-state index contributed by atoms with van der Waals surface area (Å²) in [4.78, 5) is 14.0. The van der Waals surface area contributed by atoms with Crippen molar-refractivity contribution < 1.29 is 4.74 Å². The highest BCUT2D eigenvalue weighted by atomic mass is 16.5. The minimum atomic E-state index is -0.0685. The van der Waals surface area contributed by atoms with Crippen molar-refractivity contribution in [1.82, 2.24) is 15.0 Å². The van der Waals surface area contributed by atoms with E-state index < -0.39 is 0 Å². The molecule has 114 valence electrons. The minimum Gasteiger partial charge on any atom is -0.370 e. The molecule has 1 fully saturated rings. The summed E-state index contributed by atoms with van der Waals surface area (Å²) in [6, 6.07) is 11.8. The first-order chi connectivity index (χ1) is 11.3. The van der Waals surface area contributed by atoms with Crippen molar-refractivity contribution in [3.63, 3.8) is 0 Å². The van der Waals surface area contributed by atoms with E-state index in [9.17, 15) is 0 Å². The molecule has 1 N–H and O–H groups in total. The molecule has 1 unspecified atom stereocenters. The second-order valence-electron chi connectivity index (χ2n) is 5.48. The number of anilines is 1. The van der Waals surface area contributed by atoms with Crippen LogP contribution >= 0.6 is 0 Å². The maximum absolute atomic E-state index is 9.06. The van der Waals surface area contributed by atoms with Crippen molar-refractivity contribution in [3.05, 3.63) is 54.0 Å². The van der Waals surface area contributed by atoms with Crippen molar-refractivity contribution in [1.29, 1.82) is 5.26 Å². The van der Waals surface area contributed by atoms with Crippen molar-refractivity contribution in [3.8, 4) is 6.07 Å². The van der Waals surface area contributed by atoms with Crippen LogP contribution in [0.15, 0.2) is 42.9 Å². The Morgan fingerprint density at radius 1 is 1.30 bits per heavy atom. The highest BCUT2D eigenvalue weighted by molar-refractivity contribution is 5.87. The highest BCUT2D eigenvalue weighted by Crippen LogP contribution is 2.28. The SMILES string of the molecule is N#Cc1cccc(C2CN(c3ncnc4[nH]ccc34)CCO2)c1. The fourth-order valence-corrected chi connectivity index (χ4v) is 2.96. The van der Waals surface area contributed by atoms with Gasteiger partial charge < -0.3 is 14.6 Å². The van der Waals surface area contributed by atoms with Crippen LogP contribution in [-0.2, 0) is 4.74 Å². The number of ether oxygens (including phenoxy) is 1. The molecular formula is C17H15N5O. The molecule has 6 heteroatoms. The number of hydrogen-bond donors (Lipinski definition) is 1. The molecule has 23 heavy (non-hydrogen) atoms. The summed E-state index contributed by atoms with van der Waals surface area (Å²) in [6.07, 6.45) is 3.38. The molecule has 3 heterocycles. The Bertz CT molecular complexity index is 882. The smallest absolute Gasteiger partial charge is 0.142 e. The van der Waals surface area contributed by atoms with E-state index in [-0.39, 0.29) is 6.10 Å². The van der Waals surface area contributed by atoms with E-state index in [1.54, 1.807) is 12.4 Å². The van der Waals surface area contributed by atoms with Crippen molar-refractivity contribution in [2.75, 3.05) is 24.6 Å². The molecule has 0 aliphatic carbocycles. The highest BCUT2D eigenvalue weighted by Gasteiger charge is 2.24. The first kappa shape index (κ1) is 13.7. The molecule has 1 saturated heterocycles. The number of nitrogens with zero attached hydrogens (tertiary/aromatic N) is 4. The van der Waals surface area contributed by atoms with E-state index in [0.717, 1.165) is 29.0 Å². The molecule has 0 bridgehead atoms. The van der Waals surface area contributed by atoms with E-state index in [1.165, 1.54) is 0 Å². The summed E-state index contributed by atoms with van der Waals surface area (Å²) in [6.45, 7) is 2.11. The molecule has 6 nitrogen and oxygen atoms in total. The topological polar surface area (TPSA) is 77.8 Å². The van der Waals surface area contributed by atoms with E-state index in [1.807, 2.05) is 30.5 Å². The van der Waals surface area contributed by atoms with Crippen LogP contribution in [0.3, 0.4) is 0 Å². The van der Waals surface area contributed by atoms with Crippen LogP contribution in [0.1, 0.15) is 17.2 Å². The van der Waals surface area contributed by atoms with Gasteiger partial charge in [0.1, 0.15) is 23.9 Å². The first-order valence-electron chi connectivity index (χ1n) is 7.50. The summed E-state index contributed by atoms with van der Waals surface area (Å²) in [5.41, 5.74) is 2.51. The number of hydrogen-bond acceptors (Lipinski definition) is 5. The summed E-state index contributed by atoms with van der Waals surface area (Å²) in [7, 11) is 0. The van der Waals surface area contributed by atoms with Gasteiger partial charge in [-0.25, -0.2) is 9.97 Å². The lowest BCUT2D eigenvalue weighted by atomic mass is 10.0. The zero-order chi connectivity index (χ0) is 15.6. The van der Waals surface area contributed by atoms with Crippen molar-refractivity contribution in [2.45, 2.75) is 6.10 Å². The number of morpholine rings is 1. The third kappa shape index (κ3) is 2.51. The minimum absolute atomic E-state index is 0.0685. The van der Waals surface area contributed by atoms with Gasteiger partial charge >= 0.3 is 0 Å². The van der Waals surface area contributed by atoms with E-state index in [4.69, 9.17) is 10.00 Å². The van der Waals surface area contributed by atoms with Gasteiger partial charge in [-0.05, 0) is 23.8 Å². The molecular weight excluding hydrogens is 290 g/mol. The molecule has 2 aromatic heterocycles. The lowest BCUT2D eigenvalue weighted by Gasteiger charge is -2.34. The molecule has 0 radical (unpaired) electrons. The van der Waals surface area contributed by atoms with Crippen LogP contribution in [0.25, 0.3) is 11.0 Å². The number of benzene rings is 1. The summed E-state index contributed by atoms with van der Waals surface area (Å²) in [5, 5.41) is 10.1. The number of aromatic amines is 1. The van der Waals surface area contributed by atoms with Gasteiger partial charge in [-0.15, -0.1) is 0 Å². The summed E-state index contributed by atoms with van der Waals surface area (Å²) in [5.74, 6) is 0.918. The van der Waals surface area contributed by atoms with Gasteiger partial charge in [-0.2, -0.15) is 5.26 Å². The summed E-state index contributed by atoms with van der Waals surface area (Å²) >= 11 is 0. The molecule has 4 rings (SSSR count). The number of rotatable bonds is 2. The second-order valence-corrected chi connectivity index (χ2v) is 5.48. The van der Waals surface area contributed by atoms with Crippen LogP contribution in [0.5, 0.6) is 0 Å². The number of H-pyrrole nitrogens is 1. The van der Waals surface area contributed by atoms with E-state index >= 15 is 0 Å². The van der Waals surface area contributed by atoms with Crippen LogP contribution in [-0.4, -0.2) is 34.6 Å². The van der Waals surface area contributed by atoms with Crippen LogP contribution in [0.4, 0.5) is 5.82 Å². The molecule has 0 saturated carbocycles. The number of fused-ring (bicyclic) bond motifs is 1. The lowest BCUT2D eigenvalue weighted by molar-refractivity contribution is 0.0396. The zero-order valence-electron chi connectivity index (χ0n) is 12.4. The Kier molecular flexibility index (Phi) is 3.41. The Labute approximate surface area is 133 Å². The zero-order valence-corrected chi connectivity index (χ0v) is 12.4. The number of nitrogens with one attached hydrogen (secondary N) is 1. The van der Waals surface area contributed by atoms with E-state index in [2.05, 4.69) is 25.9 Å². The average Bonchev–Trinajstić information content (AvgIpc) is 3.10. The van der Waals surface area contributed by atoms with Gasteiger partial charge in [0.15, 0.2) is 0 Å². The fraction of sp³-hybridized carbons (Fsp3) is 0.235. The molecule has 0 amide bonds. The van der Waals surface area contributed by atoms with Gasteiger partial charge in [0.25, 0.3) is 0 Å². The predicted octanol–water partition coefficient (Wildman–Crippen LogP) is 2.41. The van der Waals surface area contributed by atoms with Gasteiger partial charge in [-0.3, -0.25) is 0 Å². The quantitative estimate of drug-likeness (QED) is 0.786. The average molecular weight is 305 g/mol. The number of aromatic nitrogens is 3. The Hall–Kier alpha value is -2.91. The van der Waals surface area contributed by atoms with Crippen LogP contribution in [0.2, 0.25) is 0 Å². The van der Waals surface area contributed by atoms with Crippen molar-refractivity contribution in [2.24, 2.45) is 0 Å². The maximum Gasteiger partial charge on any atom is 0.142 e. The standard InChI is InChI=1S/C17H15N5O/c18-9-12-2-1-3-13(8-12)15-10-22(6-7-23-15)17-14-4-5-19-16(14)20-11-21-17/h1-5,8,11,15H,6-7,10H2,(H,19,20,21).